The van der Waals surface area contributed by atoms with Gasteiger partial charge in [0.25, 0.3) is 0 Å². The highest BCUT2D eigenvalue weighted by molar-refractivity contribution is 5.91. The van der Waals surface area contributed by atoms with Crippen LogP contribution in [0.4, 0.5) is 5.69 Å². The largest absolute Gasteiger partial charge is 0.391 e. The van der Waals surface area contributed by atoms with Gasteiger partial charge in [-0.3, -0.25) is 4.79 Å². The zero-order chi connectivity index (χ0) is 16.1. The Hall–Kier alpha value is -1.85. The van der Waals surface area contributed by atoms with Crippen LogP contribution < -0.4 is 4.90 Å². The van der Waals surface area contributed by atoms with Gasteiger partial charge in [-0.15, -0.1) is 0 Å². The van der Waals surface area contributed by atoms with Crippen LogP contribution in [0.2, 0.25) is 0 Å². The summed E-state index contributed by atoms with van der Waals surface area (Å²) in [6.07, 6.45) is 4.72. The van der Waals surface area contributed by atoms with Crippen molar-refractivity contribution in [1.82, 2.24) is 4.90 Å². The van der Waals surface area contributed by atoms with E-state index in [2.05, 4.69) is 17.0 Å². The van der Waals surface area contributed by atoms with Gasteiger partial charge in [-0.2, -0.15) is 0 Å². The fraction of sp³-hybridized carbons (Fsp3) is 0.500. The summed E-state index contributed by atoms with van der Waals surface area (Å²) in [5.74, 6) is -0.0268. The molecule has 5 heteroatoms. The molecule has 0 aromatic heterocycles. The third-order valence-electron chi connectivity index (χ3n) is 4.40. The van der Waals surface area contributed by atoms with Gasteiger partial charge in [0.2, 0.25) is 5.91 Å². The van der Waals surface area contributed by atoms with Gasteiger partial charge in [0, 0.05) is 37.9 Å². The molecule has 2 saturated heterocycles. The number of likely N-dealkylation sites (tertiary alicyclic amines) is 1. The molecule has 0 radical (unpaired) electrons. The lowest BCUT2D eigenvalue weighted by atomic mass is 10.1. The van der Waals surface area contributed by atoms with Crippen LogP contribution in [0.1, 0.15) is 18.4 Å². The number of anilines is 1. The molecular formula is C18H24N2O3. The fourth-order valence-corrected chi connectivity index (χ4v) is 3.05. The lowest BCUT2D eigenvalue weighted by molar-refractivity contribution is -0.128. The number of aliphatic hydroxyl groups is 1. The summed E-state index contributed by atoms with van der Waals surface area (Å²) in [5.41, 5.74) is 2.20. The monoisotopic (exact) mass is 316 g/mol. The van der Waals surface area contributed by atoms with Crippen LogP contribution >= 0.6 is 0 Å². The highest BCUT2D eigenvalue weighted by Crippen LogP contribution is 2.17. The summed E-state index contributed by atoms with van der Waals surface area (Å²) in [4.78, 5) is 16.2. The van der Waals surface area contributed by atoms with Crippen molar-refractivity contribution < 1.29 is 14.6 Å². The minimum absolute atomic E-state index is 0.0268. The predicted molar refractivity (Wildman–Crippen MR) is 90.3 cm³/mol. The van der Waals surface area contributed by atoms with E-state index in [9.17, 15) is 9.90 Å². The van der Waals surface area contributed by atoms with Gasteiger partial charge in [-0.05, 0) is 36.6 Å². The van der Waals surface area contributed by atoms with Crippen LogP contribution in [0, 0.1) is 0 Å². The highest BCUT2D eigenvalue weighted by Gasteiger charge is 2.20. The van der Waals surface area contributed by atoms with Crippen LogP contribution in [0.3, 0.4) is 0 Å². The smallest absolute Gasteiger partial charge is 0.246 e. The average Bonchev–Trinajstić information content (AvgIpc) is 2.61. The number of piperidine rings is 1. The van der Waals surface area contributed by atoms with Crippen molar-refractivity contribution in [1.29, 1.82) is 0 Å². The van der Waals surface area contributed by atoms with Crippen molar-refractivity contribution >= 4 is 17.7 Å². The number of β-amino-alcohol motifs (C(OH)–C–C–N with tert-alkyl or cyclic N) is 1. The first-order valence-electron chi connectivity index (χ1n) is 8.30. The van der Waals surface area contributed by atoms with Crippen molar-refractivity contribution in [3.8, 4) is 0 Å². The molecule has 1 atom stereocenters. The molecule has 2 aliphatic rings. The third kappa shape index (κ3) is 4.33. The Morgan fingerprint density at radius 3 is 2.61 bits per heavy atom. The van der Waals surface area contributed by atoms with Crippen LogP contribution in [0.15, 0.2) is 30.3 Å². The number of ether oxygens (including phenoxy) is 1. The van der Waals surface area contributed by atoms with Crippen LogP contribution in [0.25, 0.3) is 6.08 Å². The second-order valence-corrected chi connectivity index (χ2v) is 6.10. The third-order valence-corrected chi connectivity index (χ3v) is 4.40. The van der Waals surface area contributed by atoms with Crippen LogP contribution in [0.5, 0.6) is 0 Å². The topological polar surface area (TPSA) is 53.0 Å². The summed E-state index contributed by atoms with van der Waals surface area (Å²) in [5, 5.41) is 9.64. The molecule has 0 saturated carbocycles. The molecule has 2 fully saturated rings. The SMILES string of the molecule is O=C(C=Cc1ccc(N2CCOCC2)cc1)N1CCCC(O)C1. The van der Waals surface area contributed by atoms with E-state index in [0.29, 0.717) is 6.54 Å². The Morgan fingerprint density at radius 1 is 1.17 bits per heavy atom. The number of hydrogen-bond acceptors (Lipinski definition) is 4. The van der Waals surface area contributed by atoms with Crippen molar-refractivity contribution in [3.63, 3.8) is 0 Å². The average molecular weight is 316 g/mol. The predicted octanol–water partition coefficient (Wildman–Crippen LogP) is 1.52. The number of aliphatic hydroxyl groups excluding tert-OH is 1. The highest BCUT2D eigenvalue weighted by atomic mass is 16.5. The molecule has 1 aromatic rings. The molecule has 5 nitrogen and oxygen atoms in total. The van der Waals surface area contributed by atoms with E-state index in [1.54, 1.807) is 11.0 Å². The summed E-state index contributed by atoms with van der Waals surface area (Å²) in [6, 6.07) is 8.22. The normalized spacial score (nSPS) is 22.6. The van der Waals surface area contributed by atoms with Crippen molar-refractivity contribution in [3.05, 3.63) is 35.9 Å². The Labute approximate surface area is 137 Å². The minimum Gasteiger partial charge on any atom is -0.391 e. The molecule has 3 rings (SSSR count). The summed E-state index contributed by atoms with van der Waals surface area (Å²) in [7, 11) is 0. The number of rotatable bonds is 3. The van der Waals surface area contributed by atoms with Crippen molar-refractivity contribution in [2.45, 2.75) is 18.9 Å². The number of carbonyl (C=O) groups excluding carboxylic acids is 1. The molecule has 1 unspecified atom stereocenters. The second-order valence-electron chi connectivity index (χ2n) is 6.10. The molecule has 0 bridgehead atoms. The van der Waals surface area contributed by atoms with Gasteiger partial charge < -0.3 is 19.6 Å². The van der Waals surface area contributed by atoms with Gasteiger partial charge in [0.05, 0.1) is 19.3 Å². The molecule has 1 aromatic carbocycles. The first-order valence-corrected chi connectivity index (χ1v) is 8.30. The van der Waals surface area contributed by atoms with E-state index < -0.39 is 0 Å². The number of hydrogen-bond donors (Lipinski definition) is 1. The molecule has 1 N–H and O–H groups in total. The molecule has 23 heavy (non-hydrogen) atoms. The van der Waals surface area contributed by atoms with E-state index in [1.165, 1.54) is 5.69 Å². The van der Waals surface area contributed by atoms with E-state index in [-0.39, 0.29) is 12.0 Å². The number of nitrogens with zero attached hydrogens (tertiary/aromatic N) is 2. The van der Waals surface area contributed by atoms with Crippen LogP contribution in [-0.4, -0.2) is 61.4 Å². The quantitative estimate of drug-likeness (QED) is 0.859. The lowest BCUT2D eigenvalue weighted by Gasteiger charge is -2.29. The first kappa shape index (κ1) is 16.0. The zero-order valence-corrected chi connectivity index (χ0v) is 13.4. The molecule has 2 aliphatic heterocycles. The van der Waals surface area contributed by atoms with Crippen LogP contribution in [-0.2, 0) is 9.53 Å². The zero-order valence-electron chi connectivity index (χ0n) is 13.4. The van der Waals surface area contributed by atoms with Crippen molar-refractivity contribution in [2.24, 2.45) is 0 Å². The Bertz CT molecular complexity index is 550. The standard InChI is InChI=1S/C18H24N2O3/c21-17-2-1-9-20(14-17)18(22)8-5-15-3-6-16(7-4-15)19-10-12-23-13-11-19/h3-8,17,21H,1-2,9-14H2. The van der Waals surface area contributed by atoms with Crippen molar-refractivity contribution in [2.75, 3.05) is 44.3 Å². The van der Waals surface area contributed by atoms with Gasteiger partial charge in [0.1, 0.15) is 0 Å². The van der Waals surface area contributed by atoms with Gasteiger partial charge in [-0.25, -0.2) is 0 Å². The maximum atomic E-state index is 12.1. The molecule has 0 spiro atoms. The molecule has 124 valence electrons. The van der Waals surface area contributed by atoms with E-state index in [1.807, 2.05) is 18.2 Å². The molecule has 0 aliphatic carbocycles. The molecule has 1 amide bonds. The van der Waals surface area contributed by atoms with E-state index in [4.69, 9.17) is 4.74 Å². The van der Waals surface area contributed by atoms with E-state index >= 15 is 0 Å². The fourth-order valence-electron chi connectivity index (χ4n) is 3.05. The Balaban J connectivity index is 1.57. The second kappa shape index (κ2) is 7.62. The maximum absolute atomic E-state index is 12.1. The maximum Gasteiger partial charge on any atom is 0.246 e. The van der Waals surface area contributed by atoms with Gasteiger partial charge in [0.15, 0.2) is 0 Å². The summed E-state index contributed by atoms with van der Waals surface area (Å²) >= 11 is 0. The summed E-state index contributed by atoms with van der Waals surface area (Å²) < 4.78 is 5.36. The minimum atomic E-state index is -0.381. The Kier molecular flexibility index (Phi) is 5.31. The number of morpholine rings is 1. The van der Waals surface area contributed by atoms with Gasteiger partial charge >= 0.3 is 0 Å². The first-order chi connectivity index (χ1) is 11.2. The number of carbonyl (C=O) groups is 1. The lowest BCUT2D eigenvalue weighted by Crippen LogP contribution is -2.41. The molecular weight excluding hydrogens is 292 g/mol. The number of benzene rings is 1. The molecule has 2 heterocycles. The number of amides is 1. The summed E-state index contributed by atoms with van der Waals surface area (Å²) in [6.45, 7) is 4.57. The van der Waals surface area contributed by atoms with Gasteiger partial charge in [-0.1, -0.05) is 12.1 Å². The Morgan fingerprint density at radius 2 is 1.91 bits per heavy atom. The van der Waals surface area contributed by atoms with E-state index in [0.717, 1.165) is 51.3 Å².